The van der Waals surface area contributed by atoms with Gasteiger partial charge in [0, 0.05) is 18.8 Å². The molecule has 0 spiro atoms. The highest BCUT2D eigenvalue weighted by Gasteiger charge is 2.29. The maximum atomic E-state index is 12.2. The Bertz CT molecular complexity index is 392. The number of rotatable bonds is 5. The zero-order valence-corrected chi connectivity index (χ0v) is 11.5. The van der Waals surface area contributed by atoms with E-state index in [1.165, 1.54) is 0 Å². The first kappa shape index (κ1) is 14.1. The van der Waals surface area contributed by atoms with Crippen LogP contribution in [0.2, 0.25) is 0 Å². The van der Waals surface area contributed by atoms with Gasteiger partial charge < -0.3 is 10.0 Å². The molecule has 0 aromatic heterocycles. The van der Waals surface area contributed by atoms with E-state index in [1.807, 2.05) is 11.9 Å². The van der Waals surface area contributed by atoms with Crippen molar-refractivity contribution < 1.29 is 14.7 Å². The molecule has 1 aliphatic carbocycles. The van der Waals surface area contributed by atoms with Gasteiger partial charge in [-0.25, -0.2) is 0 Å². The van der Waals surface area contributed by atoms with Crippen LogP contribution >= 0.6 is 0 Å². The van der Waals surface area contributed by atoms with E-state index in [1.54, 1.807) is 4.90 Å². The van der Waals surface area contributed by atoms with E-state index in [0.717, 1.165) is 44.3 Å². The smallest absolute Gasteiger partial charge is 0.304 e. The summed E-state index contributed by atoms with van der Waals surface area (Å²) in [4.78, 5) is 26.8. The van der Waals surface area contributed by atoms with E-state index in [4.69, 9.17) is 5.11 Å². The Labute approximate surface area is 113 Å². The number of amides is 1. The van der Waals surface area contributed by atoms with Crippen LogP contribution in [0.15, 0.2) is 11.8 Å². The predicted molar refractivity (Wildman–Crippen MR) is 71.6 cm³/mol. The van der Waals surface area contributed by atoms with Gasteiger partial charge in [-0.3, -0.25) is 14.5 Å². The summed E-state index contributed by atoms with van der Waals surface area (Å²) >= 11 is 0. The number of carbonyl (C=O) groups is 2. The number of hydrogen-bond donors (Lipinski definition) is 1. The van der Waals surface area contributed by atoms with E-state index >= 15 is 0 Å². The van der Waals surface area contributed by atoms with Gasteiger partial charge in [0.25, 0.3) is 0 Å². The molecule has 1 unspecified atom stereocenters. The van der Waals surface area contributed by atoms with Gasteiger partial charge >= 0.3 is 5.97 Å². The summed E-state index contributed by atoms with van der Waals surface area (Å²) in [7, 11) is 1.82. The van der Waals surface area contributed by atoms with Crippen molar-refractivity contribution in [1.82, 2.24) is 9.80 Å². The van der Waals surface area contributed by atoms with Crippen LogP contribution in [0.3, 0.4) is 0 Å². The Balaban J connectivity index is 1.88. The lowest BCUT2D eigenvalue weighted by molar-refractivity contribution is -0.139. The third-order valence-electron chi connectivity index (χ3n) is 4.07. The summed E-state index contributed by atoms with van der Waals surface area (Å²) in [5.41, 5.74) is 1.11. The van der Waals surface area contributed by atoms with Crippen LogP contribution < -0.4 is 0 Å². The molecule has 0 saturated carbocycles. The molecular formula is C14H22N2O3. The van der Waals surface area contributed by atoms with E-state index in [9.17, 15) is 9.59 Å². The van der Waals surface area contributed by atoms with Crippen LogP contribution in [0.5, 0.6) is 0 Å². The largest absolute Gasteiger partial charge is 0.481 e. The predicted octanol–water partition coefficient (Wildman–Crippen LogP) is 1.45. The van der Waals surface area contributed by atoms with Crippen LogP contribution in [-0.4, -0.2) is 53.0 Å². The van der Waals surface area contributed by atoms with Crippen molar-refractivity contribution in [2.45, 2.75) is 44.6 Å². The average molecular weight is 266 g/mol. The molecule has 1 atom stereocenters. The van der Waals surface area contributed by atoms with Crippen LogP contribution in [0.25, 0.3) is 0 Å². The molecule has 1 fully saturated rings. The molecular weight excluding hydrogens is 244 g/mol. The van der Waals surface area contributed by atoms with Crippen molar-refractivity contribution in [3.05, 3.63) is 11.8 Å². The van der Waals surface area contributed by atoms with Crippen LogP contribution in [0, 0.1) is 0 Å². The molecule has 0 bridgehead atoms. The Hall–Kier alpha value is -1.36. The molecule has 19 heavy (non-hydrogen) atoms. The Morgan fingerprint density at radius 1 is 1.47 bits per heavy atom. The van der Waals surface area contributed by atoms with E-state index < -0.39 is 5.97 Å². The quantitative estimate of drug-likeness (QED) is 0.818. The number of hydrogen-bond acceptors (Lipinski definition) is 3. The summed E-state index contributed by atoms with van der Waals surface area (Å²) in [5.74, 6) is -0.707. The first-order valence-electron chi connectivity index (χ1n) is 6.99. The van der Waals surface area contributed by atoms with Gasteiger partial charge in [-0.2, -0.15) is 0 Å². The van der Waals surface area contributed by atoms with E-state index in [0.29, 0.717) is 6.54 Å². The minimum Gasteiger partial charge on any atom is -0.481 e. The molecule has 5 heteroatoms. The van der Waals surface area contributed by atoms with Gasteiger partial charge in [0.1, 0.15) is 0 Å². The highest BCUT2D eigenvalue weighted by Crippen LogP contribution is 2.23. The summed E-state index contributed by atoms with van der Waals surface area (Å²) in [5, 5.41) is 8.88. The lowest BCUT2D eigenvalue weighted by atomic mass is 10.1. The summed E-state index contributed by atoms with van der Waals surface area (Å²) < 4.78 is 0. The second-order valence-electron chi connectivity index (χ2n) is 5.40. The van der Waals surface area contributed by atoms with Crippen molar-refractivity contribution >= 4 is 11.9 Å². The normalized spacial score (nSPS) is 23.4. The van der Waals surface area contributed by atoms with Gasteiger partial charge in [0.15, 0.2) is 0 Å². The molecule has 2 aliphatic rings. The molecule has 1 saturated heterocycles. The fourth-order valence-corrected chi connectivity index (χ4v) is 2.93. The summed E-state index contributed by atoms with van der Waals surface area (Å²) in [6.45, 7) is 1.17. The van der Waals surface area contributed by atoms with Crippen molar-refractivity contribution in [2.75, 3.05) is 20.1 Å². The second kappa shape index (κ2) is 6.19. The van der Waals surface area contributed by atoms with Crippen molar-refractivity contribution in [3.8, 4) is 0 Å². The van der Waals surface area contributed by atoms with Crippen LogP contribution in [-0.2, 0) is 9.59 Å². The topological polar surface area (TPSA) is 60.9 Å². The number of carbonyl (C=O) groups excluding carboxylic acids is 1. The first-order chi connectivity index (χ1) is 9.08. The molecule has 0 radical (unpaired) electrons. The number of allylic oxidation sites excluding steroid dienone is 2. The molecule has 1 amide bonds. The molecule has 0 aromatic carbocycles. The minimum absolute atomic E-state index is 0.0207. The SMILES string of the molecule is CN(C(=O)CN1CCCC1CC(=O)O)C1=CCCC1. The summed E-state index contributed by atoms with van der Waals surface area (Å²) in [6, 6.07) is 0.0207. The average Bonchev–Trinajstić information content (AvgIpc) is 2.99. The van der Waals surface area contributed by atoms with Gasteiger partial charge in [0.2, 0.25) is 5.91 Å². The van der Waals surface area contributed by atoms with E-state index in [2.05, 4.69) is 6.08 Å². The molecule has 5 nitrogen and oxygen atoms in total. The van der Waals surface area contributed by atoms with Gasteiger partial charge in [-0.15, -0.1) is 0 Å². The minimum atomic E-state index is -0.781. The summed E-state index contributed by atoms with van der Waals surface area (Å²) in [6.07, 6.45) is 7.28. The van der Waals surface area contributed by atoms with Gasteiger partial charge in [0.05, 0.1) is 13.0 Å². The maximum absolute atomic E-state index is 12.2. The molecule has 0 aromatic rings. The fourth-order valence-electron chi connectivity index (χ4n) is 2.93. The molecule has 1 N–H and O–H groups in total. The number of carboxylic acid groups (broad SMARTS) is 1. The number of aliphatic carboxylic acids is 1. The highest BCUT2D eigenvalue weighted by molar-refractivity contribution is 5.80. The second-order valence-corrected chi connectivity index (χ2v) is 5.40. The van der Waals surface area contributed by atoms with Crippen molar-refractivity contribution in [1.29, 1.82) is 0 Å². The third kappa shape index (κ3) is 3.56. The van der Waals surface area contributed by atoms with Crippen molar-refractivity contribution in [2.24, 2.45) is 0 Å². The van der Waals surface area contributed by atoms with E-state index in [-0.39, 0.29) is 18.4 Å². The number of likely N-dealkylation sites (tertiary alicyclic amines) is 1. The molecule has 106 valence electrons. The highest BCUT2D eigenvalue weighted by atomic mass is 16.4. The molecule has 1 heterocycles. The van der Waals surface area contributed by atoms with Crippen LogP contribution in [0.1, 0.15) is 38.5 Å². The zero-order valence-electron chi connectivity index (χ0n) is 11.5. The Morgan fingerprint density at radius 2 is 2.26 bits per heavy atom. The van der Waals surface area contributed by atoms with Gasteiger partial charge in [-0.05, 0) is 38.6 Å². The molecule has 2 rings (SSSR count). The third-order valence-corrected chi connectivity index (χ3v) is 4.07. The first-order valence-corrected chi connectivity index (χ1v) is 6.99. The zero-order chi connectivity index (χ0) is 13.8. The maximum Gasteiger partial charge on any atom is 0.304 e. The van der Waals surface area contributed by atoms with Gasteiger partial charge in [-0.1, -0.05) is 6.08 Å². The standard InChI is InChI=1S/C14H22N2O3/c1-15(11-5-2-3-6-11)13(17)10-16-8-4-7-12(16)9-14(18)19/h5,12H,2-4,6-10H2,1H3,(H,18,19). The van der Waals surface area contributed by atoms with Crippen LogP contribution in [0.4, 0.5) is 0 Å². The lowest BCUT2D eigenvalue weighted by Crippen LogP contribution is -2.40. The lowest BCUT2D eigenvalue weighted by Gasteiger charge is -2.26. The Kier molecular flexibility index (Phi) is 4.58. The van der Waals surface area contributed by atoms with Crippen molar-refractivity contribution in [3.63, 3.8) is 0 Å². The fraction of sp³-hybridized carbons (Fsp3) is 0.714. The number of likely N-dealkylation sites (N-methyl/N-ethyl adjacent to an activating group) is 1. The number of carboxylic acids is 1. The molecule has 1 aliphatic heterocycles. The number of nitrogens with zero attached hydrogens (tertiary/aromatic N) is 2. The monoisotopic (exact) mass is 266 g/mol. The Morgan fingerprint density at radius 3 is 2.89 bits per heavy atom.